The van der Waals surface area contributed by atoms with E-state index in [4.69, 9.17) is 4.74 Å². The van der Waals surface area contributed by atoms with Crippen LogP contribution in [0, 0.1) is 0 Å². The lowest BCUT2D eigenvalue weighted by Gasteiger charge is -2.33. The van der Waals surface area contributed by atoms with Crippen LogP contribution in [-0.4, -0.2) is 79.3 Å². The molecule has 116 valence electrons. The highest BCUT2D eigenvalue weighted by atomic mass is 32.2. The second kappa shape index (κ2) is 5.98. The van der Waals surface area contributed by atoms with Crippen LogP contribution in [0.4, 0.5) is 0 Å². The minimum Gasteiger partial charge on any atom is -0.390 e. The van der Waals surface area contributed by atoms with E-state index in [2.05, 4.69) is 9.88 Å². The number of morpholine rings is 1. The van der Waals surface area contributed by atoms with E-state index >= 15 is 0 Å². The molecule has 2 aliphatic rings. The third kappa shape index (κ3) is 2.95. The van der Waals surface area contributed by atoms with Gasteiger partial charge in [0.25, 0.3) is 0 Å². The van der Waals surface area contributed by atoms with Gasteiger partial charge in [-0.05, 0) is 12.1 Å². The number of aliphatic hydroxyl groups is 1. The molecule has 1 N–H and O–H groups in total. The molecule has 21 heavy (non-hydrogen) atoms. The van der Waals surface area contributed by atoms with Crippen LogP contribution in [0.25, 0.3) is 0 Å². The van der Waals surface area contributed by atoms with Gasteiger partial charge in [0.05, 0.1) is 25.4 Å². The number of ether oxygens (including phenoxy) is 1. The van der Waals surface area contributed by atoms with Crippen molar-refractivity contribution < 1.29 is 18.3 Å². The van der Waals surface area contributed by atoms with E-state index in [0.717, 1.165) is 13.1 Å². The Labute approximate surface area is 124 Å². The molecule has 8 heteroatoms. The fourth-order valence-corrected chi connectivity index (χ4v) is 4.29. The first-order chi connectivity index (χ1) is 10.1. The van der Waals surface area contributed by atoms with Crippen molar-refractivity contribution in [2.24, 2.45) is 0 Å². The van der Waals surface area contributed by atoms with E-state index in [1.165, 1.54) is 22.8 Å². The lowest BCUT2D eigenvalue weighted by atomic mass is 10.2. The van der Waals surface area contributed by atoms with Crippen molar-refractivity contribution in [3.05, 3.63) is 24.5 Å². The topological polar surface area (TPSA) is 83.0 Å². The van der Waals surface area contributed by atoms with Gasteiger partial charge in [0.1, 0.15) is 4.90 Å². The summed E-state index contributed by atoms with van der Waals surface area (Å²) < 4.78 is 31.7. The van der Waals surface area contributed by atoms with Crippen molar-refractivity contribution in [1.29, 1.82) is 0 Å². The van der Waals surface area contributed by atoms with Gasteiger partial charge in [-0.25, -0.2) is 8.42 Å². The summed E-state index contributed by atoms with van der Waals surface area (Å²) in [4.78, 5) is 6.13. The lowest BCUT2D eigenvalue weighted by molar-refractivity contribution is -0.00602. The molecule has 0 radical (unpaired) electrons. The molecule has 3 rings (SSSR count). The fourth-order valence-electron chi connectivity index (χ4n) is 2.85. The number of aliphatic hydroxyl groups excluding tert-OH is 1. The summed E-state index contributed by atoms with van der Waals surface area (Å²) in [6.45, 7) is 3.12. The quantitative estimate of drug-likeness (QED) is 0.782. The highest BCUT2D eigenvalue weighted by Crippen LogP contribution is 2.24. The maximum Gasteiger partial charge on any atom is 0.244 e. The first-order valence-corrected chi connectivity index (χ1v) is 8.43. The Bertz CT molecular complexity index is 574. The van der Waals surface area contributed by atoms with E-state index in [0.29, 0.717) is 19.8 Å². The molecule has 0 saturated carbocycles. The molecule has 2 saturated heterocycles. The number of sulfonamides is 1. The summed E-state index contributed by atoms with van der Waals surface area (Å²) in [5, 5.41) is 10.2. The molecule has 0 bridgehead atoms. The van der Waals surface area contributed by atoms with E-state index in [-0.39, 0.29) is 17.5 Å². The predicted octanol–water partition coefficient (Wildman–Crippen LogP) is -0.852. The van der Waals surface area contributed by atoms with E-state index < -0.39 is 16.1 Å². The molecule has 0 spiro atoms. The number of hydrogen-bond acceptors (Lipinski definition) is 6. The van der Waals surface area contributed by atoms with Crippen LogP contribution >= 0.6 is 0 Å². The molecule has 3 heterocycles. The lowest BCUT2D eigenvalue weighted by Crippen LogP contribution is -2.49. The van der Waals surface area contributed by atoms with Gasteiger partial charge in [-0.3, -0.25) is 9.88 Å². The van der Waals surface area contributed by atoms with Crippen LogP contribution in [-0.2, 0) is 14.8 Å². The number of rotatable bonds is 3. The maximum absolute atomic E-state index is 12.5. The molecule has 7 nitrogen and oxygen atoms in total. The minimum atomic E-state index is -3.59. The van der Waals surface area contributed by atoms with Gasteiger partial charge in [-0.1, -0.05) is 0 Å². The van der Waals surface area contributed by atoms with Crippen LogP contribution in [0.2, 0.25) is 0 Å². The van der Waals surface area contributed by atoms with Crippen molar-refractivity contribution in [1.82, 2.24) is 14.2 Å². The zero-order valence-electron chi connectivity index (χ0n) is 11.6. The van der Waals surface area contributed by atoms with Crippen LogP contribution in [0.1, 0.15) is 0 Å². The Morgan fingerprint density at radius 3 is 2.71 bits per heavy atom. The molecule has 2 aliphatic heterocycles. The zero-order valence-corrected chi connectivity index (χ0v) is 12.4. The number of nitrogens with zero attached hydrogens (tertiary/aromatic N) is 3. The molecule has 1 aromatic rings. The predicted molar refractivity (Wildman–Crippen MR) is 75.2 cm³/mol. The number of pyridine rings is 1. The molecule has 0 aliphatic carbocycles. The standard InChI is InChI=1S/C13H19N3O4S/c17-13-10-16(9-12(13)15-4-6-20-7-5-15)21(18,19)11-2-1-3-14-8-11/h1-3,8,12-13,17H,4-7,9-10H2/t12-,13-/m0/s1. The molecular weight excluding hydrogens is 294 g/mol. The Hall–Kier alpha value is -1.06. The minimum absolute atomic E-state index is 0.124. The molecule has 1 aromatic heterocycles. The normalized spacial score (nSPS) is 28.8. The van der Waals surface area contributed by atoms with Crippen LogP contribution in [0.5, 0.6) is 0 Å². The summed E-state index contributed by atoms with van der Waals surface area (Å²) >= 11 is 0. The Morgan fingerprint density at radius 2 is 2.05 bits per heavy atom. The van der Waals surface area contributed by atoms with Crippen molar-refractivity contribution in [3.8, 4) is 0 Å². The van der Waals surface area contributed by atoms with Crippen molar-refractivity contribution >= 4 is 10.0 Å². The Balaban J connectivity index is 1.76. The van der Waals surface area contributed by atoms with E-state index in [1.807, 2.05) is 0 Å². The molecular formula is C13H19N3O4S. The van der Waals surface area contributed by atoms with E-state index in [9.17, 15) is 13.5 Å². The second-order valence-corrected chi connectivity index (χ2v) is 7.23. The summed E-state index contributed by atoms with van der Waals surface area (Å²) in [7, 11) is -3.59. The Kier molecular flexibility index (Phi) is 4.23. The summed E-state index contributed by atoms with van der Waals surface area (Å²) in [6, 6.07) is 2.95. The van der Waals surface area contributed by atoms with Crippen LogP contribution < -0.4 is 0 Å². The van der Waals surface area contributed by atoms with Gasteiger partial charge >= 0.3 is 0 Å². The van der Waals surface area contributed by atoms with Gasteiger partial charge in [0.15, 0.2) is 0 Å². The molecule has 0 unspecified atom stereocenters. The van der Waals surface area contributed by atoms with E-state index in [1.54, 1.807) is 6.07 Å². The van der Waals surface area contributed by atoms with Crippen LogP contribution in [0.15, 0.2) is 29.4 Å². The molecule has 0 amide bonds. The number of β-amino-alcohol motifs (C(OH)–C–C–N with tert-alkyl or cyclic N) is 1. The SMILES string of the molecule is O=S(=O)(c1cccnc1)N1C[C@H](O)[C@@H](N2CCOCC2)C1. The van der Waals surface area contributed by atoms with Crippen molar-refractivity contribution in [2.75, 3.05) is 39.4 Å². The average Bonchev–Trinajstić information content (AvgIpc) is 2.92. The van der Waals surface area contributed by atoms with Gasteiger partial charge in [-0.2, -0.15) is 4.31 Å². The van der Waals surface area contributed by atoms with Gasteiger partial charge < -0.3 is 9.84 Å². The highest BCUT2D eigenvalue weighted by Gasteiger charge is 2.41. The Morgan fingerprint density at radius 1 is 1.29 bits per heavy atom. The van der Waals surface area contributed by atoms with Gasteiger partial charge in [0.2, 0.25) is 10.0 Å². The second-order valence-electron chi connectivity index (χ2n) is 5.29. The van der Waals surface area contributed by atoms with Gasteiger partial charge in [0, 0.05) is 38.6 Å². The highest BCUT2D eigenvalue weighted by molar-refractivity contribution is 7.89. The average molecular weight is 313 g/mol. The monoisotopic (exact) mass is 313 g/mol. The summed E-state index contributed by atoms with van der Waals surface area (Å²) in [5.74, 6) is 0. The zero-order chi connectivity index (χ0) is 14.9. The third-order valence-corrected chi connectivity index (χ3v) is 5.83. The summed E-state index contributed by atoms with van der Waals surface area (Å²) in [5.41, 5.74) is 0. The maximum atomic E-state index is 12.5. The first kappa shape index (κ1) is 14.9. The smallest absolute Gasteiger partial charge is 0.244 e. The van der Waals surface area contributed by atoms with Crippen molar-refractivity contribution in [3.63, 3.8) is 0 Å². The molecule has 2 atom stereocenters. The molecule has 2 fully saturated rings. The number of hydrogen-bond donors (Lipinski definition) is 1. The molecule has 0 aromatic carbocycles. The van der Waals surface area contributed by atoms with Crippen molar-refractivity contribution in [2.45, 2.75) is 17.0 Å². The first-order valence-electron chi connectivity index (χ1n) is 6.99. The van der Waals surface area contributed by atoms with Gasteiger partial charge in [-0.15, -0.1) is 0 Å². The fraction of sp³-hybridized carbons (Fsp3) is 0.615. The number of aromatic nitrogens is 1. The third-order valence-electron chi connectivity index (χ3n) is 4.01. The largest absolute Gasteiger partial charge is 0.390 e. The van der Waals surface area contributed by atoms with Crippen LogP contribution in [0.3, 0.4) is 0 Å². The summed E-state index contributed by atoms with van der Waals surface area (Å²) in [6.07, 6.45) is 2.20.